The molecule has 0 amide bonds. The molecule has 0 atom stereocenters. The molecule has 0 fully saturated rings. The van der Waals surface area contributed by atoms with Crippen molar-refractivity contribution in [1.82, 2.24) is 0 Å². The molecule has 0 aromatic heterocycles. The predicted octanol–water partition coefficient (Wildman–Crippen LogP) is 8.07. The first-order valence-corrected chi connectivity index (χ1v) is 13.3. The Morgan fingerprint density at radius 2 is 1.06 bits per heavy atom. The van der Waals surface area contributed by atoms with Gasteiger partial charge in [0.05, 0.1) is 4.92 Å². The highest BCUT2D eigenvalue weighted by Gasteiger charge is 2.34. The Morgan fingerprint density at radius 3 is 1.44 bits per heavy atom. The number of carbonyl (C=O) groups is 1. The minimum atomic E-state index is -1.60. The van der Waals surface area contributed by atoms with Crippen molar-refractivity contribution in [3.8, 4) is 11.5 Å². The van der Waals surface area contributed by atoms with Crippen LogP contribution in [0.4, 0.5) is 5.69 Å². The Balaban J connectivity index is 2.91. The van der Waals surface area contributed by atoms with Gasteiger partial charge >= 0.3 is 5.97 Å². The fourth-order valence-corrected chi connectivity index (χ4v) is 4.62. The minimum Gasteiger partial charge on any atom is -0.504 e. The van der Waals surface area contributed by atoms with Crippen molar-refractivity contribution in [3.05, 3.63) is 26.8 Å². The first-order chi connectivity index (χ1) is 16.4. The summed E-state index contributed by atoms with van der Waals surface area (Å²) in [5, 5.41) is 42.3. The highest BCUT2D eigenvalue weighted by molar-refractivity contribution is 5.98. The van der Waals surface area contributed by atoms with Crippen molar-refractivity contribution in [2.45, 2.75) is 129 Å². The maximum atomic E-state index is 11.8. The Hall–Kier alpha value is -2.31. The van der Waals surface area contributed by atoms with E-state index in [-0.39, 0.29) is 5.56 Å². The molecule has 194 valence electrons. The van der Waals surface area contributed by atoms with Crippen molar-refractivity contribution in [3.63, 3.8) is 0 Å². The molecule has 34 heavy (non-hydrogen) atoms. The number of nitrogens with zero attached hydrogens (tertiary/aromatic N) is 1. The quantitative estimate of drug-likeness (QED) is 0.0752. The van der Waals surface area contributed by atoms with E-state index < -0.39 is 33.6 Å². The Bertz CT molecular complexity index is 762. The van der Waals surface area contributed by atoms with Gasteiger partial charge in [0.15, 0.2) is 17.1 Å². The lowest BCUT2D eigenvalue weighted by Crippen LogP contribution is -2.10. The number of benzene rings is 1. The number of hydrogen-bond acceptors (Lipinski definition) is 5. The van der Waals surface area contributed by atoms with Gasteiger partial charge in [-0.3, -0.25) is 10.1 Å². The number of phenols is 2. The van der Waals surface area contributed by atoms with E-state index in [1.54, 1.807) is 0 Å². The van der Waals surface area contributed by atoms with Crippen LogP contribution in [0.2, 0.25) is 0 Å². The SMILES string of the molecule is CCCCCCCCCCc1c(O)c(O)c(C(=O)O)c([N+](=O)[O-])c1CCCCCCCCCC. The molecule has 1 aromatic rings. The molecular weight excluding hydrogens is 434 g/mol. The second kappa shape index (κ2) is 17.2. The number of hydrogen-bond donors (Lipinski definition) is 3. The fourth-order valence-electron chi connectivity index (χ4n) is 4.62. The van der Waals surface area contributed by atoms with Crippen molar-refractivity contribution in [2.75, 3.05) is 0 Å². The summed E-state index contributed by atoms with van der Waals surface area (Å²) in [6.45, 7) is 4.36. The molecule has 7 heteroatoms. The lowest BCUT2D eigenvalue weighted by atomic mass is 9.90. The lowest BCUT2D eigenvalue weighted by Gasteiger charge is -2.16. The largest absolute Gasteiger partial charge is 0.504 e. The molecule has 0 radical (unpaired) electrons. The highest BCUT2D eigenvalue weighted by Crippen LogP contribution is 2.44. The molecular formula is C27H45NO6. The molecule has 0 aliphatic heterocycles. The molecule has 0 aliphatic carbocycles. The fraction of sp³-hybridized carbons (Fsp3) is 0.741. The van der Waals surface area contributed by atoms with Crippen LogP contribution in [-0.2, 0) is 12.8 Å². The Kier molecular flexibility index (Phi) is 15.0. The maximum absolute atomic E-state index is 11.8. The zero-order valence-electron chi connectivity index (χ0n) is 21.2. The molecule has 0 heterocycles. The summed E-state index contributed by atoms with van der Waals surface area (Å²) in [6, 6.07) is 0. The summed E-state index contributed by atoms with van der Waals surface area (Å²) in [7, 11) is 0. The van der Waals surface area contributed by atoms with Crippen molar-refractivity contribution >= 4 is 11.7 Å². The topological polar surface area (TPSA) is 121 Å². The summed E-state index contributed by atoms with van der Waals surface area (Å²) in [5.74, 6) is -3.01. The van der Waals surface area contributed by atoms with E-state index in [0.717, 1.165) is 44.9 Å². The van der Waals surface area contributed by atoms with Crippen molar-refractivity contribution < 1.29 is 25.0 Å². The van der Waals surface area contributed by atoms with Crippen LogP contribution in [0.5, 0.6) is 11.5 Å². The van der Waals surface area contributed by atoms with Gasteiger partial charge in [0, 0.05) is 11.1 Å². The third-order valence-corrected chi connectivity index (χ3v) is 6.59. The monoisotopic (exact) mass is 479 g/mol. The summed E-state index contributed by atoms with van der Waals surface area (Å²) < 4.78 is 0. The molecule has 0 spiro atoms. The van der Waals surface area contributed by atoms with Gasteiger partial charge < -0.3 is 15.3 Å². The van der Waals surface area contributed by atoms with Crippen LogP contribution in [-0.4, -0.2) is 26.2 Å². The second-order valence-corrected chi connectivity index (χ2v) is 9.39. The Labute approximate surface area is 204 Å². The van der Waals surface area contributed by atoms with Gasteiger partial charge in [0.25, 0.3) is 5.69 Å². The third kappa shape index (κ3) is 9.90. The Morgan fingerprint density at radius 1 is 0.676 bits per heavy atom. The van der Waals surface area contributed by atoms with Gasteiger partial charge in [-0.1, -0.05) is 104 Å². The molecule has 0 aliphatic rings. The van der Waals surface area contributed by atoms with Gasteiger partial charge in [0.2, 0.25) is 0 Å². The maximum Gasteiger partial charge on any atom is 0.346 e. The molecule has 0 bridgehead atoms. The van der Waals surface area contributed by atoms with E-state index in [1.165, 1.54) is 51.4 Å². The number of carboxylic acids is 1. The first-order valence-electron chi connectivity index (χ1n) is 13.3. The average Bonchev–Trinajstić information content (AvgIpc) is 2.80. The van der Waals surface area contributed by atoms with Crippen LogP contribution < -0.4 is 0 Å². The van der Waals surface area contributed by atoms with E-state index in [0.29, 0.717) is 24.8 Å². The summed E-state index contributed by atoms with van der Waals surface area (Å²) in [4.78, 5) is 22.8. The lowest BCUT2D eigenvalue weighted by molar-refractivity contribution is -0.386. The van der Waals surface area contributed by atoms with Gasteiger partial charge in [-0.25, -0.2) is 4.79 Å². The van der Waals surface area contributed by atoms with Crippen LogP contribution in [0.25, 0.3) is 0 Å². The highest BCUT2D eigenvalue weighted by atomic mass is 16.6. The number of rotatable bonds is 20. The minimum absolute atomic E-state index is 0.270. The number of nitro groups is 1. The van der Waals surface area contributed by atoms with E-state index in [2.05, 4.69) is 13.8 Å². The summed E-state index contributed by atoms with van der Waals surface area (Å²) >= 11 is 0. The van der Waals surface area contributed by atoms with Crippen LogP contribution in [0.3, 0.4) is 0 Å². The molecule has 3 N–H and O–H groups in total. The number of aromatic hydroxyl groups is 2. The van der Waals surface area contributed by atoms with E-state index in [1.807, 2.05) is 0 Å². The standard InChI is InChI=1S/C27H45NO6/c1-3-5-7-9-11-13-15-17-19-21-22(20-18-16-14-12-10-8-6-4-2)25(29)26(30)23(27(31)32)24(21)28(33)34/h29-30H,3-20H2,1-2H3,(H,31,32). The van der Waals surface area contributed by atoms with E-state index in [4.69, 9.17) is 0 Å². The zero-order chi connectivity index (χ0) is 25.3. The van der Waals surface area contributed by atoms with Crippen LogP contribution in [0.1, 0.15) is 138 Å². The molecule has 0 unspecified atom stereocenters. The number of unbranched alkanes of at least 4 members (excludes halogenated alkanes) is 14. The third-order valence-electron chi connectivity index (χ3n) is 6.59. The normalized spacial score (nSPS) is 11.1. The second-order valence-electron chi connectivity index (χ2n) is 9.39. The van der Waals surface area contributed by atoms with Crippen LogP contribution >= 0.6 is 0 Å². The number of phenolic OH excluding ortho intramolecular Hbond substituents is 1. The average molecular weight is 480 g/mol. The van der Waals surface area contributed by atoms with Gasteiger partial charge in [0.1, 0.15) is 0 Å². The van der Waals surface area contributed by atoms with Gasteiger partial charge in [-0.2, -0.15) is 0 Å². The first kappa shape index (κ1) is 29.7. The zero-order valence-corrected chi connectivity index (χ0v) is 21.2. The molecule has 7 nitrogen and oxygen atoms in total. The van der Waals surface area contributed by atoms with Crippen LogP contribution in [0, 0.1) is 10.1 Å². The summed E-state index contributed by atoms with van der Waals surface area (Å²) in [6.07, 6.45) is 18.0. The van der Waals surface area contributed by atoms with E-state index >= 15 is 0 Å². The van der Waals surface area contributed by atoms with E-state index in [9.17, 15) is 30.2 Å². The van der Waals surface area contributed by atoms with Crippen molar-refractivity contribution in [2.24, 2.45) is 0 Å². The molecule has 0 saturated carbocycles. The molecule has 1 aromatic carbocycles. The number of nitro benzene ring substituents is 1. The van der Waals surface area contributed by atoms with Crippen molar-refractivity contribution in [1.29, 1.82) is 0 Å². The van der Waals surface area contributed by atoms with Gasteiger partial charge in [-0.15, -0.1) is 0 Å². The molecule has 0 saturated heterocycles. The molecule has 1 rings (SSSR count). The number of aromatic carboxylic acids is 1. The van der Waals surface area contributed by atoms with Crippen LogP contribution in [0.15, 0.2) is 0 Å². The van der Waals surface area contributed by atoms with Gasteiger partial charge in [-0.05, 0) is 25.7 Å². The smallest absolute Gasteiger partial charge is 0.346 e. The summed E-state index contributed by atoms with van der Waals surface area (Å²) in [5.41, 5.74) is -0.771. The number of carboxylic acid groups (broad SMARTS) is 1. The predicted molar refractivity (Wildman–Crippen MR) is 136 cm³/mol.